The fourth-order valence-corrected chi connectivity index (χ4v) is 9.61. The quantitative estimate of drug-likeness (QED) is 0.168. The van der Waals surface area contributed by atoms with Gasteiger partial charge in [-0.15, -0.1) is 0 Å². The Labute approximate surface area is 360 Å². The highest BCUT2D eigenvalue weighted by Gasteiger charge is 2.51. The minimum Gasteiger partial charge on any atom is -0.457 e. The predicted octanol–water partition coefficient (Wildman–Crippen LogP) is 14.3. The molecule has 290 valence electrons. The standard InChI is InChI=1S/C58H37N3O/c1-3-13-39(14-4-1)53-37-54(40-15-5-2-6-16-40)61-57(60-53)46-20-12-19-43(34-46)41-17-11-18-42(33-41)45-26-28-56-52(36-45)58(49-23-9-7-21-47(49)48-22-8-10-24-50(48)58)51-35-44(25-27-55(51)62-56)38-29-31-59-32-30-38/h1-37H. The van der Waals surface area contributed by atoms with Crippen LogP contribution in [0, 0.1) is 0 Å². The number of fused-ring (bicyclic) bond motifs is 9. The van der Waals surface area contributed by atoms with Crippen molar-refractivity contribution in [3.63, 3.8) is 0 Å². The first kappa shape index (κ1) is 35.7. The average Bonchev–Trinajstić information content (AvgIpc) is 3.65. The molecule has 0 amide bonds. The Morgan fingerprint density at radius 3 is 1.29 bits per heavy atom. The minimum absolute atomic E-state index is 0.603. The van der Waals surface area contributed by atoms with E-state index in [-0.39, 0.29) is 0 Å². The third-order valence-corrected chi connectivity index (χ3v) is 12.5. The summed E-state index contributed by atoms with van der Waals surface area (Å²) in [5.41, 5.74) is 18.2. The summed E-state index contributed by atoms with van der Waals surface area (Å²) in [4.78, 5) is 14.5. The van der Waals surface area contributed by atoms with E-state index in [1.54, 1.807) is 0 Å². The highest BCUT2D eigenvalue weighted by atomic mass is 16.5. The van der Waals surface area contributed by atoms with Crippen LogP contribution in [0.1, 0.15) is 22.3 Å². The van der Waals surface area contributed by atoms with Crippen molar-refractivity contribution >= 4 is 0 Å². The summed E-state index contributed by atoms with van der Waals surface area (Å²) >= 11 is 0. The Bertz CT molecular complexity index is 3220. The maximum atomic E-state index is 6.87. The van der Waals surface area contributed by atoms with Crippen LogP contribution >= 0.6 is 0 Å². The van der Waals surface area contributed by atoms with E-state index < -0.39 is 5.41 Å². The summed E-state index contributed by atoms with van der Waals surface area (Å²) in [6, 6.07) is 75.4. The molecule has 1 aliphatic heterocycles. The molecule has 4 heteroatoms. The van der Waals surface area contributed by atoms with Gasteiger partial charge >= 0.3 is 0 Å². The van der Waals surface area contributed by atoms with Gasteiger partial charge in [0.15, 0.2) is 5.82 Å². The molecule has 10 aromatic rings. The maximum Gasteiger partial charge on any atom is 0.160 e. The van der Waals surface area contributed by atoms with Crippen LogP contribution in [0.4, 0.5) is 0 Å². The summed E-state index contributed by atoms with van der Waals surface area (Å²) < 4.78 is 6.87. The number of pyridine rings is 1. The van der Waals surface area contributed by atoms with E-state index >= 15 is 0 Å². The Morgan fingerprint density at radius 1 is 0.306 bits per heavy atom. The lowest BCUT2D eigenvalue weighted by molar-refractivity contribution is 0.436. The smallest absolute Gasteiger partial charge is 0.160 e. The molecule has 8 aromatic carbocycles. The Kier molecular flexibility index (Phi) is 8.36. The first-order chi connectivity index (χ1) is 30.7. The zero-order chi connectivity index (χ0) is 41.0. The predicted molar refractivity (Wildman–Crippen MR) is 250 cm³/mol. The average molecular weight is 792 g/mol. The molecule has 4 nitrogen and oxygen atoms in total. The molecule has 0 atom stereocenters. The Hall–Kier alpha value is -8.21. The third kappa shape index (κ3) is 5.80. The van der Waals surface area contributed by atoms with E-state index in [2.05, 4.69) is 181 Å². The zero-order valence-electron chi connectivity index (χ0n) is 33.6. The lowest BCUT2D eigenvalue weighted by atomic mass is 9.65. The summed E-state index contributed by atoms with van der Waals surface area (Å²) in [6.45, 7) is 0. The number of hydrogen-bond acceptors (Lipinski definition) is 4. The lowest BCUT2D eigenvalue weighted by Crippen LogP contribution is -2.32. The summed E-state index contributed by atoms with van der Waals surface area (Å²) in [7, 11) is 0. The van der Waals surface area contributed by atoms with Gasteiger partial charge in [-0.3, -0.25) is 4.98 Å². The highest BCUT2D eigenvalue weighted by molar-refractivity contribution is 5.90. The van der Waals surface area contributed by atoms with Gasteiger partial charge in [0.2, 0.25) is 0 Å². The third-order valence-electron chi connectivity index (χ3n) is 12.5. The van der Waals surface area contributed by atoms with E-state index in [1.165, 1.54) is 22.3 Å². The van der Waals surface area contributed by atoms with Crippen LogP contribution in [0.15, 0.2) is 225 Å². The molecule has 0 bridgehead atoms. The summed E-state index contributed by atoms with van der Waals surface area (Å²) in [5, 5.41) is 0. The molecule has 0 N–H and O–H groups in total. The van der Waals surface area contributed by atoms with Gasteiger partial charge in [0.25, 0.3) is 0 Å². The minimum atomic E-state index is -0.603. The number of ether oxygens (including phenoxy) is 1. The SMILES string of the molecule is c1ccc(-c2cc(-c3ccccc3)nc(-c3cccc(-c4cccc(-c5ccc6c(c5)C5(c7cc(-c8ccncc8)ccc7O6)c6ccccc6-c6ccccc65)c4)c3)n2)cc1. The van der Waals surface area contributed by atoms with E-state index in [9.17, 15) is 0 Å². The largest absolute Gasteiger partial charge is 0.457 e. The fourth-order valence-electron chi connectivity index (χ4n) is 9.61. The van der Waals surface area contributed by atoms with Gasteiger partial charge in [0, 0.05) is 40.2 Å². The number of hydrogen-bond donors (Lipinski definition) is 0. The second kappa shape index (κ2) is 14.5. The van der Waals surface area contributed by atoms with Crippen molar-refractivity contribution in [1.82, 2.24) is 15.0 Å². The molecule has 0 unspecified atom stereocenters. The fraction of sp³-hybridized carbons (Fsp3) is 0.0172. The molecule has 0 saturated heterocycles. The molecule has 12 rings (SSSR count). The van der Waals surface area contributed by atoms with E-state index in [4.69, 9.17) is 14.7 Å². The second-order valence-corrected chi connectivity index (χ2v) is 16.0. The number of nitrogens with zero attached hydrogens (tertiary/aromatic N) is 3. The maximum absolute atomic E-state index is 6.87. The number of aromatic nitrogens is 3. The molecule has 0 saturated carbocycles. The van der Waals surface area contributed by atoms with Gasteiger partial charge in [-0.1, -0.05) is 158 Å². The second-order valence-electron chi connectivity index (χ2n) is 16.0. The van der Waals surface area contributed by atoms with Crippen molar-refractivity contribution in [3.8, 4) is 89.9 Å². The van der Waals surface area contributed by atoms with E-state index in [0.717, 1.165) is 84.1 Å². The van der Waals surface area contributed by atoms with Crippen molar-refractivity contribution < 1.29 is 4.74 Å². The Balaban J connectivity index is 0.986. The highest BCUT2D eigenvalue weighted by Crippen LogP contribution is 2.62. The Morgan fingerprint density at radius 2 is 0.742 bits per heavy atom. The van der Waals surface area contributed by atoms with Gasteiger partial charge in [0.1, 0.15) is 11.5 Å². The normalized spacial score (nSPS) is 12.8. The van der Waals surface area contributed by atoms with Gasteiger partial charge in [-0.05, 0) is 110 Å². The molecule has 3 heterocycles. The molecule has 2 aliphatic rings. The van der Waals surface area contributed by atoms with Crippen LogP contribution in [0.3, 0.4) is 0 Å². The van der Waals surface area contributed by atoms with Crippen molar-refractivity contribution in [1.29, 1.82) is 0 Å². The van der Waals surface area contributed by atoms with Gasteiger partial charge in [0.05, 0.1) is 16.8 Å². The molecule has 62 heavy (non-hydrogen) atoms. The van der Waals surface area contributed by atoms with E-state index in [1.807, 2.05) is 48.8 Å². The van der Waals surface area contributed by atoms with Crippen LogP contribution < -0.4 is 4.74 Å². The van der Waals surface area contributed by atoms with Crippen molar-refractivity contribution in [2.24, 2.45) is 0 Å². The molecule has 1 aliphatic carbocycles. The molecular weight excluding hydrogens is 755 g/mol. The van der Waals surface area contributed by atoms with Gasteiger partial charge in [-0.2, -0.15) is 0 Å². The monoisotopic (exact) mass is 791 g/mol. The molecular formula is C58H37N3O. The molecule has 2 aromatic heterocycles. The van der Waals surface area contributed by atoms with Crippen molar-refractivity contribution in [2.45, 2.75) is 5.41 Å². The van der Waals surface area contributed by atoms with Crippen LogP contribution in [0.5, 0.6) is 11.5 Å². The first-order valence-electron chi connectivity index (χ1n) is 21.0. The van der Waals surface area contributed by atoms with Crippen LogP contribution in [-0.2, 0) is 5.41 Å². The van der Waals surface area contributed by atoms with Crippen molar-refractivity contribution in [2.75, 3.05) is 0 Å². The number of benzene rings is 8. The van der Waals surface area contributed by atoms with E-state index in [0.29, 0.717) is 5.82 Å². The summed E-state index contributed by atoms with van der Waals surface area (Å²) in [6.07, 6.45) is 3.71. The van der Waals surface area contributed by atoms with Crippen LogP contribution in [-0.4, -0.2) is 15.0 Å². The molecule has 1 spiro atoms. The topological polar surface area (TPSA) is 47.9 Å². The summed E-state index contributed by atoms with van der Waals surface area (Å²) in [5.74, 6) is 2.42. The zero-order valence-corrected chi connectivity index (χ0v) is 33.6. The lowest BCUT2D eigenvalue weighted by Gasteiger charge is -2.40. The van der Waals surface area contributed by atoms with Gasteiger partial charge < -0.3 is 4.74 Å². The molecule has 0 radical (unpaired) electrons. The van der Waals surface area contributed by atoms with Crippen LogP contribution in [0.25, 0.3) is 78.4 Å². The van der Waals surface area contributed by atoms with Crippen LogP contribution in [0.2, 0.25) is 0 Å². The molecule has 0 fully saturated rings. The van der Waals surface area contributed by atoms with Crippen molar-refractivity contribution in [3.05, 3.63) is 247 Å². The number of rotatable bonds is 6. The van der Waals surface area contributed by atoms with Gasteiger partial charge in [-0.25, -0.2) is 9.97 Å². The first-order valence-corrected chi connectivity index (χ1v) is 21.0.